The minimum Gasteiger partial charge on any atom is -0.478 e. The van der Waals surface area contributed by atoms with Gasteiger partial charge < -0.3 is 10.1 Å². The molecule has 2 rings (SSSR count). The van der Waals surface area contributed by atoms with Crippen molar-refractivity contribution in [3.63, 3.8) is 0 Å². The van der Waals surface area contributed by atoms with Gasteiger partial charge in [-0.05, 0) is 50.1 Å². The number of amides is 1. The summed E-state index contributed by atoms with van der Waals surface area (Å²) in [5.41, 5.74) is 0.147. The first-order chi connectivity index (χ1) is 10.5. The van der Waals surface area contributed by atoms with Crippen LogP contribution < -0.4 is 10.1 Å². The largest absolute Gasteiger partial charge is 0.478 e. The fraction of sp³-hybridized carbons (Fsp3) is 0.278. The van der Waals surface area contributed by atoms with E-state index in [4.69, 9.17) is 4.74 Å². The lowest BCUT2D eigenvalue weighted by Crippen LogP contribution is -2.47. The highest BCUT2D eigenvalue weighted by molar-refractivity contribution is 5.84. The third-order valence-corrected chi connectivity index (χ3v) is 3.28. The summed E-state index contributed by atoms with van der Waals surface area (Å²) in [5.74, 6) is -0.0742. The summed E-state index contributed by atoms with van der Waals surface area (Å²) in [4.78, 5) is 12.2. The van der Waals surface area contributed by atoms with Gasteiger partial charge in [0.2, 0.25) is 0 Å². The van der Waals surface area contributed by atoms with Crippen molar-refractivity contribution in [2.75, 3.05) is 6.54 Å². The molecule has 0 unspecified atom stereocenters. The summed E-state index contributed by atoms with van der Waals surface area (Å²) in [6.07, 6.45) is 0.763. The van der Waals surface area contributed by atoms with E-state index in [0.717, 1.165) is 6.42 Å². The summed E-state index contributed by atoms with van der Waals surface area (Å²) in [7, 11) is 0. The number of hydrogen-bond donors (Lipinski definition) is 1. The van der Waals surface area contributed by atoms with Gasteiger partial charge >= 0.3 is 0 Å². The number of benzene rings is 2. The molecule has 0 atom stereocenters. The third-order valence-electron chi connectivity index (χ3n) is 3.28. The molecule has 0 spiro atoms. The molecule has 0 fully saturated rings. The van der Waals surface area contributed by atoms with Crippen LogP contribution in [0.25, 0.3) is 0 Å². The summed E-state index contributed by atoms with van der Waals surface area (Å²) >= 11 is 0. The molecular formula is C18H20FNO2. The van der Waals surface area contributed by atoms with E-state index in [0.29, 0.717) is 12.3 Å². The van der Waals surface area contributed by atoms with Gasteiger partial charge in [0.15, 0.2) is 5.60 Å². The lowest BCUT2D eigenvalue weighted by molar-refractivity contribution is -0.134. The average molecular weight is 301 g/mol. The SMILES string of the molecule is CC(C)(Oc1ccc(F)cc1)C(=O)NCCc1ccccc1. The number of nitrogens with one attached hydrogen (secondary N) is 1. The predicted octanol–water partition coefficient (Wildman–Crippen LogP) is 3.34. The molecule has 1 N–H and O–H groups in total. The van der Waals surface area contributed by atoms with Crippen molar-refractivity contribution in [3.8, 4) is 5.75 Å². The van der Waals surface area contributed by atoms with E-state index >= 15 is 0 Å². The Bertz CT molecular complexity index is 609. The van der Waals surface area contributed by atoms with Gasteiger partial charge in [-0.3, -0.25) is 4.79 Å². The number of halogens is 1. The van der Waals surface area contributed by atoms with E-state index in [1.807, 2.05) is 30.3 Å². The van der Waals surface area contributed by atoms with E-state index in [9.17, 15) is 9.18 Å². The Morgan fingerprint density at radius 2 is 1.73 bits per heavy atom. The Morgan fingerprint density at radius 3 is 2.36 bits per heavy atom. The first kappa shape index (κ1) is 16.0. The zero-order valence-electron chi connectivity index (χ0n) is 12.8. The number of ether oxygens (including phenoxy) is 1. The van der Waals surface area contributed by atoms with Gasteiger partial charge in [-0.25, -0.2) is 4.39 Å². The Kier molecular flexibility index (Phi) is 5.15. The Hall–Kier alpha value is -2.36. The van der Waals surface area contributed by atoms with Gasteiger partial charge in [0.1, 0.15) is 11.6 Å². The van der Waals surface area contributed by atoms with E-state index < -0.39 is 5.60 Å². The van der Waals surface area contributed by atoms with Crippen LogP contribution in [0.1, 0.15) is 19.4 Å². The average Bonchev–Trinajstić information content (AvgIpc) is 2.50. The van der Waals surface area contributed by atoms with Crippen LogP contribution >= 0.6 is 0 Å². The molecule has 0 radical (unpaired) electrons. The van der Waals surface area contributed by atoms with Crippen LogP contribution in [0, 0.1) is 5.82 Å². The van der Waals surface area contributed by atoms with Crippen LogP contribution in [0.5, 0.6) is 5.75 Å². The van der Waals surface area contributed by atoms with Gasteiger partial charge in [0, 0.05) is 6.54 Å². The van der Waals surface area contributed by atoms with Crippen LogP contribution in [-0.4, -0.2) is 18.1 Å². The second kappa shape index (κ2) is 7.07. The maximum atomic E-state index is 12.9. The molecule has 1 amide bonds. The standard InChI is InChI=1S/C18H20FNO2/c1-18(2,22-16-10-8-15(19)9-11-16)17(21)20-13-12-14-6-4-3-5-7-14/h3-11H,12-13H2,1-2H3,(H,20,21). The quantitative estimate of drug-likeness (QED) is 0.888. The van der Waals surface area contributed by atoms with Crippen LogP contribution in [0.2, 0.25) is 0 Å². The molecule has 2 aromatic carbocycles. The van der Waals surface area contributed by atoms with Crippen LogP contribution in [-0.2, 0) is 11.2 Å². The first-order valence-electron chi connectivity index (χ1n) is 7.24. The molecule has 4 heteroatoms. The second-order valence-electron chi connectivity index (χ2n) is 5.56. The van der Waals surface area contributed by atoms with Crippen molar-refractivity contribution in [1.29, 1.82) is 0 Å². The molecule has 0 heterocycles. The van der Waals surface area contributed by atoms with Crippen molar-refractivity contribution < 1.29 is 13.9 Å². The van der Waals surface area contributed by atoms with Crippen molar-refractivity contribution >= 4 is 5.91 Å². The lowest BCUT2D eigenvalue weighted by atomic mass is 10.1. The molecule has 0 aromatic heterocycles. The van der Waals surface area contributed by atoms with Crippen LogP contribution in [0.15, 0.2) is 54.6 Å². The fourth-order valence-electron chi connectivity index (χ4n) is 2.02. The van der Waals surface area contributed by atoms with Crippen LogP contribution in [0.4, 0.5) is 4.39 Å². The smallest absolute Gasteiger partial charge is 0.263 e. The van der Waals surface area contributed by atoms with Crippen molar-refractivity contribution in [2.24, 2.45) is 0 Å². The van der Waals surface area contributed by atoms with Gasteiger partial charge in [0.05, 0.1) is 0 Å². The Balaban J connectivity index is 1.86. The number of carbonyl (C=O) groups is 1. The molecule has 0 aliphatic rings. The summed E-state index contributed by atoms with van der Waals surface area (Å²) < 4.78 is 18.5. The van der Waals surface area contributed by atoms with E-state index in [1.165, 1.54) is 29.8 Å². The lowest BCUT2D eigenvalue weighted by Gasteiger charge is -2.25. The zero-order valence-corrected chi connectivity index (χ0v) is 12.8. The molecule has 0 saturated carbocycles. The Labute approximate surface area is 130 Å². The molecule has 0 bridgehead atoms. The van der Waals surface area contributed by atoms with Gasteiger partial charge in [-0.2, -0.15) is 0 Å². The highest BCUT2D eigenvalue weighted by atomic mass is 19.1. The summed E-state index contributed by atoms with van der Waals surface area (Å²) in [6, 6.07) is 15.6. The van der Waals surface area contributed by atoms with E-state index in [-0.39, 0.29) is 11.7 Å². The monoisotopic (exact) mass is 301 g/mol. The molecule has 0 aliphatic carbocycles. The predicted molar refractivity (Wildman–Crippen MR) is 84.3 cm³/mol. The van der Waals surface area contributed by atoms with Crippen molar-refractivity contribution in [2.45, 2.75) is 25.9 Å². The molecule has 0 aliphatic heterocycles. The summed E-state index contributed by atoms with van der Waals surface area (Å²) in [6.45, 7) is 3.92. The van der Waals surface area contributed by atoms with Gasteiger partial charge in [-0.1, -0.05) is 30.3 Å². The maximum absolute atomic E-state index is 12.9. The molecule has 116 valence electrons. The second-order valence-corrected chi connectivity index (χ2v) is 5.56. The first-order valence-corrected chi connectivity index (χ1v) is 7.24. The normalized spacial score (nSPS) is 11.0. The highest BCUT2D eigenvalue weighted by Gasteiger charge is 2.29. The minimum atomic E-state index is -1.02. The number of rotatable bonds is 6. The van der Waals surface area contributed by atoms with Gasteiger partial charge in [0.25, 0.3) is 5.91 Å². The minimum absolute atomic E-state index is 0.201. The maximum Gasteiger partial charge on any atom is 0.263 e. The molecule has 2 aromatic rings. The molecule has 22 heavy (non-hydrogen) atoms. The van der Waals surface area contributed by atoms with E-state index in [1.54, 1.807) is 13.8 Å². The zero-order chi connectivity index (χ0) is 16.0. The topological polar surface area (TPSA) is 38.3 Å². The molecule has 0 saturated heterocycles. The van der Waals surface area contributed by atoms with Gasteiger partial charge in [-0.15, -0.1) is 0 Å². The third kappa shape index (κ3) is 4.58. The van der Waals surface area contributed by atoms with Crippen LogP contribution in [0.3, 0.4) is 0 Å². The summed E-state index contributed by atoms with van der Waals surface area (Å²) in [5, 5.41) is 2.87. The number of hydrogen-bond acceptors (Lipinski definition) is 2. The fourth-order valence-corrected chi connectivity index (χ4v) is 2.02. The number of carbonyl (C=O) groups excluding carboxylic acids is 1. The highest BCUT2D eigenvalue weighted by Crippen LogP contribution is 2.18. The van der Waals surface area contributed by atoms with Crippen molar-refractivity contribution in [1.82, 2.24) is 5.32 Å². The Morgan fingerprint density at radius 1 is 1.09 bits per heavy atom. The van der Waals surface area contributed by atoms with Crippen molar-refractivity contribution in [3.05, 3.63) is 66.0 Å². The van der Waals surface area contributed by atoms with E-state index in [2.05, 4.69) is 5.32 Å². The molecular weight excluding hydrogens is 281 g/mol. The molecule has 3 nitrogen and oxygen atoms in total.